The quantitative estimate of drug-likeness (QED) is 0.266. The number of H-pyrrole nitrogens is 1. The number of ether oxygens (including phenoxy) is 1. The molecule has 0 saturated carbocycles. The summed E-state index contributed by atoms with van der Waals surface area (Å²) in [4.78, 5) is 18.7. The second-order valence-corrected chi connectivity index (χ2v) is 9.97. The van der Waals surface area contributed by atoms with Crippen LogP contribution in [0.15, 0.2) is 77.6 Å². The first kappa shape index (κ1) is 26.3. The van der Waals surface area contributed by atoms with Gasteiger partial charge in [0.2, 0.25) is 0 Å². The maximum absolute atomic E-state index is 13.3. The Morgan fingerprint density at radius 3 is 2.44 bits per heavy atom. The second-order valence-electron chi connectivity index (χ2n) is 9.97. The third-order valence-electron chi connectivity index (χ3n) is 7.34. The molecule has 3 aromatic carbocycles. The van der Waals surface area contributed by atoms with E-state index in [-0.39, 0.29) is 11.6 Å². The van der Waals surface area contributed by atoms with Gasteiger partial charge in [-0.05, 0) is 77.0 Å². The fraction of sp³-hybridized carbons (Fsp3) is 0.290. The summed E-state index contributed by atoms with van der Waals surface area (Å²) in [5.41, 5.74) is 5.95. The van der Waals surface area contributed by atoms with Gasteiger partial charge in [-0.15, -0.1) is 5.10 Å². The van der Waals surface area contributed by atoms with E-state index in [2.05, 4.69) is 70.4 Å². The molecule has 2 aromatic heterocycles. The molecule has 5 rings (SSSR count). The zero-order chi connectivity index (χ0) is 27.4. The van der Waals surface area contributed by atoms with Crippen molar-refractivity contribution in [2.75, 3.05) is 7.11 Å². The molecule has 0 bridgehead atoms. The van der Waals surface area contributed by atoms with E-state index in [1.807, 2.05) is 53.2 Å². The van der Waals surface area contributed by atoms with Gasteiger partial charge in [-0.1, -0.05) is 55.5 Å². The minimum Gasteiger partial charge on any atom is -0.496 e. The molecule has 39 heavy (non-hydrogen) atoms. The molecule has 0 amide bonds. The van der Waals surface area contributed by atoms with Gasteiger partial charge in [-0.25, -0.2) is 4.68 Å². The molecular weight excluding hydrogens is 488 g/mol. The number of benzene rings is 3. The SMILES string of the molecule is CC[C@@H](c1nnnn1Cc1ccccc1)N(Cc1ccccc1OC)Cc1cc2cc(C)c(C)cc2[nH]c1=O. The molecule has 200 valence electrons. The van der Waals surface area contributed by atoms with Crippen LogP contribution >= 0.6 is 0 Å². The molecule has 5 aromatic rings. The Balaban J connectivity index is 1.55. The summed E-state index contributed by atoms with van der Waals surface area (Å²) < 4.78 is 7.53. The number of rotatable bonds is 10. The lowest BCUT2D eigenvalue weighted by molar-refractivity contribution is 0.159. The number of para-hydroxylation sites is 1. The molecule has 0 saturated heterocycles. The lowest BCUT2D eigenvalue weighted by atomic mass is 10.0. The zero-order valence-electron chi connectivity index (χ0n) is 22.9. The monoisotopic (exact) mass is 522 g/mol. The number of hydrogen-bond acceptors (Lipinski definition) is 6. The molecular formula is C31H34N6O2. The van der Waals surface area contributed by atoms with Gasteiger partial charge in [0.25, 0.3) is 5.56 Å². The van der Waals surface area contributed by atoms with Crippen molar-refractivity contribution in [3.63, 3.8) is 0 Å². The van der Waals surface area contributed by atoms with Crippen LogP contribution in [-0.4, -0.2) is 37.2 Å². The average molecular weight is 523 g/mol. The van der Waals surface area contributed by atoms with Crippen molar-refractivity contribution in [3.8, 4) is 5.75 Å². The van der Waals surface area contributed by atoms with Crippen molar-refractivity contribution in [1.29, 1.82) is 0 Å². The Morgan fingerprint density at radius 2 is 1.67 bits per heavy atom. The highest BCUT2D eigenvalue weighted by Crippen LogP contribution is 2.29. The van der Waals surface area contributed by atoms with Crippen LogP contribution in [0, 0.1) is 13.8 Å². The molecule has 0 aliphatic carbocycles. The van der Waals surface area contributed by atoms with E-state index in [1.54, 1.807) is 7.11 Å². The van der Waals surface area contributed by atoms with E-state index in [0.717, 1.165) is 45.6 Å². The summed E-state index contributed by atoms with van der Waals surface area (Å²) >= 11 is 0. The Bertz CT molecular complexity index is 1630. The highest BCUT2D eigenvalue weighted by Gasteiger charge is 2.27. The van der Waals surface area contributed by atoms with E-state index in [9.17, 15) is 4.79 Å². The molecule has 0 aliphatic heterocycles. The minimum atomic E-state index is -0.136. The predicted molar refractivity (Wildman–Crippen MR) is 153 cm³/mol. The Kier molecular flexibility index (Phi) is 7.84. The summed E-state index contributed by atoms with van der Waals surface area (Å²) in [7, 11) is 1.68. The highest BCUT2D eigenvalue weighted by atomic mass is 16.5. The fourth-order valence-electron chi connectivity index (χ4n) is 5.11. The largest absolute Gasteiger partial charge is 0.496 e. The number of aromatic nitrogens is 5. The third-order valence-corrected chi connectivity index (χ3v) is 7.34. The van der Waals surface area contributed by atoms with Gasteiger partial charge in [-0.2, -0.15) is 0 Å². The van der Waals surface area contributed by atoms with Crippen LogP contribution in [0.1, 0.15) is 53.0 Å². The van der Waals surface area contributed by atoms with Crippen LogP contribution in [0.5, 0.6) is 5.75 Å². The van der Waals surface area contributed by atoms with Crippen molar-refractivity contribution in [3.05, 3.63) is 117 Å². The van der Waals surface area contributed by atoms with Crippen LogP contribution in [0.2, 0.25) is 0 Å². The van der Waals surface area contributed by atoms with Gasteiger partial charge in [0.1, 0.15) is 5.75 Å². The van der Waals surface area contributed by atoms with Gasteiger partial charge in [0.15, 0.2) is 5.82 Å². The number of nitrogens with one attached hydrogen (secondary N) is 1. The molecule has 8 heteroatoms. The van der Waals surface area contributed by atoms with Crippen molar-refractivity contribution in [1.82, 2.24) is 30.1 Å². The van der Waals surface area contributed by atoms with Gasteiger partial charge in [0.05, 0.1) is 19.7 Å². The molecule has 0 spiro atoms. The summed E-state index contributed by atoms with van der Waals surface area (Å²) in [6, 6.07) is 24.2. The van der Waals surface area contributed by atoms with Crippen molar-refractivity contribution < 1.29 is 4.74 Å². The normalized spacial score (nSPS) is 12.2. The smallest absolute Gasteiger partial charge is 0.252 e. The van der Waals surface area contributed by atoms with E-state index >= 15 is 0 Å². The number of aryl methyl sites for hydroxylation is 2. The second kappa shape index (κ2) is 11.6. The first-order valence-corrected chi connectivity index (χ1v) is 13.3. The maximum atomic E-state index is 13.3. The summed E-state index contributed by atoms with van der Waals surface area (Å²) in [6.45, 7) is 7.82. The number of hydrogen-bond donors (Lipinski definition) is 1. The maximum Gasteiger partial charge on any atom is 0.252 e. The highest BCUT2D eigenvalue weighted by molar-refractivity contribution is 5.80. The molecule has 2 heterocycles. The van der Waals surface area contributed by atoms with Crippen LogP contribution in [-0.2, 0) is 19.6 Å². The Morgan fingerprint density at radius 1 is 0.949 bits per heavy atom. The van der Waals surface area contributed by atoms with E-state index < -0.39 is 0 Å². The van der Waals surface area contributed by atoms with Gasteiger partial charge in [-0.3, -0.25) is 9.69 Å². The lowest BCUT2D eigenvalue weighted by Gasteiger charge is -2.30. The molecule has 1 atom stereocenters. The molecule has 0 fully saturated rings. The lowest BCUT2D eigenvalue weighted by Crippen LogP contribution is -2.32. The summed E-state index contributed by atoms with van der Waals surface area (Å²) in [5.74, 6) is 1.57. The number of tetrazole rings is 1. The number of fused-ring (bicyclic) bond motifs is 1. The topological polar surface area (TPSA) is 88.9 Å². The van der Waals surface area contributed by atoms with Crippen LogP contribution in [0.3, 0.4) is 0 Å². The first-order chi connectivity index (χ1) is 19.0. The molecule has 1 N–H and O–H groups in total. The molecule has 8 nitrogen and oxygen atoms in total. The number of pyridine rings is 1. The van der Waals surface area contributed by atoms with E-state index in [0.29, 0.717) is 25.2 Å². The number of aromatic amines is 1. The third kappa shape index (κ3) is 5.76. The van der Waals surface area contributed by atoms with Gasteiger partial charge in [0, 0.05) is 29.7 Å². The first-order valence-electron chi connectivity index (χ1n) is 13.3. The van der Waals surface area contributed by atoms with Crippen LogP contribution in [0.25, 0.3) is 10.9 Å². The van der Waals surface area contributed by atoms with Crippen LogP contribution < -0.4 is 10.3 Å². The molecule has 0 radical (unpaired) electrons. The van der Waals surface area contributed by atoms with Crippen LogP contribution in [0.4, 0.5) is 0 Å². The van der Waals surface area contributed by atoms with Gasteiger partial charge >= 0.3 is 0 Å². The predicted octanol–water partition coefficient (Wildman–Crippen LogP) is 5.34. The Hall–Kier alpha value is -4.30. The molecule has 0 unspecified atom stereocenters. The van der Waals surface area contributed by atoms with E-state index in [1.165, 1.54) is 5.56 Å². The summed E-state index contributed by atoms with van der Waals surface area (Å²) in [6.07, 6.45) is 0.758. The zero-order valence-corrected chi connectivity index (χ0v) is 22.9. The fourth-order valence-corrected chi connectivity index (χ4v) is 5.11. The van der Waals surface area contributed by atoms with E-state index in [4.69, 9.17) is 4.74 Å². The van der Waals surface area contributed by atoms with Crippen molar-refractivity contribution in [2.45, 2.75) is 52.9 Å². The number of methoxy groups -OCH3 is 1. The minimum absolute atomic E-state index is 0.0884. The standard InChI is InChI=1S/C31H34N6O2/c1-5-28(30-33-34-35-37(30)18-23-11-7-6-8-12-23)36(19-24-13-9-10-14-29(24)39-4)20-26-17-25-15-21(2)22(3)16-27(25)32-31(26)38/h6-17,28H,5,18-20H2,1-4H3,(H,32,38)/t28-/m0/s1. The Labute approximate surface area is 228 Å². The van der Waals surface area contributed by atoms with Crippen molar-refractivity contribution >= 4 is 10.9 Å². The molecule has 0 aliphatic rings. The number of nitrogens with zero attached hydrogens (tertiary/aromatic N) is 5. The summed E-state index contributed by atoms with van der Waals surface area (Å²) in [5, 5.41) is 13.8. The van der Waals surface area contributed by atoms with Crippen molar-refractivity contribution in [2.24, 2.45) is 0 Å². The van der Waals surface area contributed by atoms with Gasteiger partial charge < -0.3 is 9.72 Å². The average Bonchev–Trinajstić information content (AvgIpc) is 3.39.